The Hall–Kier alpha value is -1.27. The maximum atomic E-state index is 12.3. The van der Waals surface area contributed by atoms with E-state index >= 15 is 0 Å². The molecule has 0 aliphatic heterocycles. The van der Waals surface area contributed by atoms with Gasteiger partial charge in [-0.1, -0.05) is 38.5 Å². The number of carbonyl (C=O) groups is 1. The second-order valence-corrected chi connectivity index (χ2v) is 9.03. The van der Waals surface area contributed by atoms with Gasteiger partial charge in [0.15, 0.2) is 4.34 Å². The number of aromatic nitrogens is 1. The number of rotatable bonds is 6. The van der Waals surface area contributed by atoms with E-state index in [9.17, 15) is 4.79 Å². The zero-order valence-corrected chi connectivity index (χ0v) is 16.7. The average molecular weight is 379 g/mol. The lowest BCUT2D eigenvalue weighted by molar-refractivity contribution is -0.119. The maximum Gasteiger partial charge on any atom is 0.230 e. The van der Waals surface area contributed by atoms with Crippen LogP contribution in [0.1, 0.15) is 40.0 Å². The molecule has 1 N–H and O–H groups in total. The van der Waals surface area contributed by atoms with Crippen LogP contribution in [-0.4, -0.2) is 29.3 Å². The van der Waals surface area contributed by atoms with E-state index in [-0.39, 0.29) is 5.91 Å². The smallest absolute Gasteiger partial charge is 0.230 e. The maximum absolute atomic E-state index is 12.3. The lowest BCUT2D eigenvalue weighted by atomic mass is 9.78. The number of thiazole rings is 1. The van der Waals surface area contributed by atoms with Crippen molar-refractivity contribution in [2.45, 2.75) is 50.4 Å². The zero-order valence-electron chi connectivity index (χ0n) is 15.1. The molecule has 0 bridgehead atoms. The van der Waals surface area contributed by atoms with E-state index in [0.717, 1.165) is 26.7 Å². The first-order chi connectivity index (χ1) is 12.1. The minimum atomic E-state index is 0.116. The lowest BCUT2D eigenvalue weighted by Gasteiger charge is -2.34. The Morgan fingerprint density at radius 2 is 2.24 bits per heavy atom. The third-order valence-corrected chi connectivity index (χ3v) is 7.19. The number of amides is 1. The summed E-state index contributed by atoms with van der Waals surface area (Å²) in [6, 6.07) is 6.26. The van der Waals surface area contributed by atoms with Gasteiger partial charge in [0.1, 0.15) is 5.75 Å². The van der Waals surface area contributed by atoms with Crippen LogP contribution in [0.2, 0.25) is 0 Å². The highest BCUT2D eigenvalue weighted by Gasteiger charge is 2.28. The third kappa shape index (κ3) is 4.67. The van der Waals surface area contributed by atoms with Gasteiger partial charge in [-0.25, -0.2) is 4.98 Å². The molecule has 1 saturated carbocycles. The fourth-order valence-electron chi connectivity index (χ4n) is 3.36. The van der Waals surface area contributed by atoms with E-state index in [1.165, 1.54) is 24.6 Å². The van der Waals surface area contributed by atoms with E-state index < -0.39 is 0 Å². The molecule has 0 radical (unpaired) electrons. The molecule has 1 aromatic heterocycles. The van der Waals surface area contributed by atoms with Gasteiger partial charge >= 0.3 is 0 Å². The Kier molecular flexibility index (Phi) is 6.23. The molecule has 25 heavy (non-hydrogen) atoms. The summed E-state index contributed by atoms with van der Waals surface area (Å²) in [5.74, 6) is 2.66. The van der Waals surface area contributed by atoms with Crippen molar-refractivity contribution in [3.63, 3.8) is 0 Å². The SMILES string of the molecule is CCOc1ccc2nc(SCC(=O)N[C@@H]3CCC[C@@H](C)[C@H]3C)sc2c1. The molecule has 136 valence electrons. The minimum Gasteiger partial charge on any atom is -0.494 e. The quantitative estimate of drug-likeness (QED) is 0.739. The van der Waals surface area contributed by atoms with E-state index in [2.05, 4.69) is 24.1 Å². The molecule has 6 heteroatoms. The van der Waals surface area contributed by atoms with Crippen molar-refractivity contribution in [2.75, 3.05) is 12.4 Å². The van der Waals surface area contributed by atoms with E-state index in [4.69, 9.17) is 4.74 Å². The summed E-state index contributed by atoms with van der Waals surface area (Å²) in [4.78, 5) is 16.9. The Labute approximate surface area is 157 Å². The Bertz CT molecular complexity index is 731. The summed E-state index contributed by atoms with van der Waals surface area (Å²) < 4.78 is 7.57. The molecule has 1 aromatic carbocycles. The van der Waals surface area contributed by atoms with Gasteiger partial charge in [0, 0.05) is 6.04 Å². The summed E-state index contributed by atoms with van der Waals surface area (Å²) in [6.07, 6.45) is 3.59. The number of hydrogen-bond acceptors (Lipinski definition) is 5. The van der Waals surface area contributed by atoms with Crippen LogP contribution in [0.15, 0.2) is 22.5 Å². The van der Waals surface area contributed by atoms with Crippen molar-refractivity contribution in [1.82, 2.24) is 10.3 Å². The first-order valence-electron chi connectivity index (χ1n) is 9.02. The van der Waals surface area contributed by atoms with Crippen LogP contribution in [0.3, 0.4) is 0 Å². The Balaban J connectivity index is 1.55. The number of benzene rings is 1. The van der Waals surface area contributed by atoms with Crippen LogP contribution in [0, 0.1) is 11.8 Å². The third-order valence-electron chi connectivity index (χ3n) is 5.03. The highest BCUT2D eigenvalue weighted by Crippen LogP contribution is 2.32. The monoisotopic (exact) mass is 378 g/mol. The molecule has 1 amide bonds. The highest BCUT2D eigenvalue weighted by molar-refractivity contribution is 8.01. The molecule has 1 heterocycles. The van der Waals surface area contributed by atoms with Crippen molar-refractivity contribution < 1.29 is 9.53 Å². The second kappa shape index (κ2) is 8.41. The second-order valence-electron chi connectivity index (χ2n) is 6.77. The number of nitrogens with zero attached hydrogens (tertiary/aromatic N) is 1. The standard InChI is InChI=1S/C19H26N2O2S2/c1-4-23-14-8-9-16-17(10-14)25-19(21-16)24-11-18(22)20-15-7-5-6-12(2)13(15)3/h8-10,12-13,15H,4-7,11H2,1-3H3,(H,20,22)/t12-,13-,15-/m1/s1. The fourth-order valence-corrected chi connectivity index (χ4v) is 5.27. The van der Waals surface area contributed by atoms with E-state index in [1.54, 1.807) is 11.3 Å². The van der Waals surface area contributed by atoms with E-state index in [0.29, 0.717) is 30.2 Å². The molecule has 4 nitrogen and oxygen atoms in total. The van der Waals surface area contributed by atoms with Crippen LogP contribution in [0.4, 0.5) is 0 Å². The van der Waals surface area contributed by atoms with Crippen molar-refractivity contribution in [3.05, 3.63) is 18.2 Å². The predicted molar refractivity (Wildman–Crippen MR) is 106 cm³/mol. The van der Waals surface area contributed by atoms with Gasteiger partial charge in [0.05, 0.1) is 22.6 Å². The van der Waals surface area contributed by atoms with E-state index in [1.807, 2.05) is 25.1 Å². The number of ether oxygens (including phenoxy) is 1. The van der Waals surface area contributed by atoms with Crippen LogP contribution in [0.25, 0.3) is 10.2 Å². The summed E-state index contributed by atoms with van der Waals surface area (Å²) in [6.45, 7) is 7.18. The number of fused-ring (bicyclic) bond motifs is 1. The minimum absolute atomic E-state index is 0.116. The Morgan fingerprint density at radius 1 is 1.40 bits per heavy atom. The van der Waals surface area contributed by atoms with Gasteiger partial charge in [0.25, 0.3) is 0 Å². The number of carbonyl (C=O) groups excluding carboxylic acids is 1. The topological polar surface area (TPSA) is 51.2 Å². The molecule has 0 unspecified atom stereocenters. The van der Waals surface area contributed by atoms with Gasteiger partial charge in [-0.05, 0) is 43.4 Å². The van der Waals surface area contributed by atoms with Gasteiger partial charge in [-0.3, -0.25) is 4.79 Å². The fraction of sp³-hybridized carbons (Fsp3) is 0.579. The molecule has 0 saturated heterocycles. The average Bonchev–Trinajstić information content (AvgIpc) is 3.00. The number of nitrogens with one attached hydrogen (secondary N) is 1. The summed E-state index contributed by atoms with van der Waals surface area (Å²) in [7, 11) is 0. The normalized spacial score (nSPS) is 23.6. The first-order valence-corrected chi connectivity index (χ1v) is 10.8. The molecular formula is C19H26N2O2S2. The number of hydrogen-bond donors (Lipinski definition) is 1. The molecule has 1 aliphatic carbocycles. The Morgan fingerprint density at radius 3 is 3.04 bits per heavy atom. The molecule has 1 aliphatic rings. The van der Waals surface area contributed by atoms with Gasteiger partial charge in [-0.15, -0.1) is 11.3 Å². The van der Waals surface area contributed by atoms with Crippen LogP contribution in [0.5, 0.6) is 5.75 Å². The molecule has 1 fully saturated rings. The lowest BCUT2D eigenvalue weighted by Crippen LogP contribution is -2.44. The molecular weight excluding hydrogens is 352 g/mol. The van der Waals surface area contributed by atoms with Gasteiger partial charge in [0.2, 0.25) is 5.91 Å². The zero-order chi connectivity index (χ0) is 17.8. The highest BCUT2D eigenvalue weighted by atomic mass is 32.2. The summed E-state index contributed by atoms with van der Waals surface area (Å²) in [5.41, 5.74) is 0.964. The van der Waals surface area contributed by atoms with Gasteiger partial charge in [-0.2, -0.15) is 0 Å². The van der Waals surface area contributed by atoms with Gasteiger partial charge < -0.3 is 10.1 Å². The summed E-state index contributed by atoms with van der Waals surface area (Å²) >= 11 is 3.14. The molecule has 0 spiro atoms. The van der Waals surface area contributed by atoms with Crippen molar-refractivity contribution in [2.24, 2.45) is 11.8 Å². The molecule has 3 atom stereocenters. The van der Waals surface area contributed by atoms with Crippen LogP contribution < -0.4 is 10.1 Å². The molecule has 2 aromatic rings. The van der Waals surface area contributed by atoms with Crippen molar-refractivity contribution in [1.29, 1.82) is 0 Å². The van der Waals surface area contributed by atoms with Crippen LogP contribution in [-0.2, 0) is 4.79 Å². The predicted octanol–water partition coefficient (Wildman–Crippen LogP) is 4.73. The largest absolute Gasteiger partial charge is 0.494 e. The van der Waals surface area contributed by atoms with Crippen molar-refractivity contribution in [3.8, 4) is 5.75 Å². The molecule has 3 rings (SSSR count). The van der Waals surface area contributed by atoms with Crippen molar-refractivity contribution >= 4 is 39.2 Å². The number of thioether (sulfide) groups is 1. The first kappa shape index (κ1) is 18.5. The van der Waals surface area contributed by atoms with Crippen LogP contribution >= 0.6 is 23.1 Å². The summed E-state index contributed by atoms with van der Waals surface area (Å²) in [5, 5.41) is 3.23.